The molecule has 0 atom stereocenters. The normalized spacial score (nSPS) is 9.45. The number of rotatable bonds is 3. The maximum Gasteiger partial charge on any atom is 0.163 e. The Hall–Kier alpha value is -1.17. The first-order chi connectivity index (χ1) is 5.29. The molecule has 1 aromatic rings. The zero-order valence-electron chi connectivity index (χ0n) is 5.90. The van der Waals surface area contributed by atoms with Gasteiger partial charge in [0.25, 0.3) is 0 Å². The second-order valence-electron chi connectivity index (χ2n) is 1.96. The molecule has 11 heavy (non-hydrogen) atoms. The molecule has 0 fully saturated rings. The summed E-state index contributed by atoms with van der Waals surface area (Å²) in [7, 11) is 0. The van der Waals surface area contributed by atoms with Crippen LogP contribution in [0, 0.1) is 0 Å². The summed E-state index contributed by atoms with van der Waals surface area (Å²) >= 11 is 4.61. The van der Waals surface area contributed by atoms with Crippen molar-refractivity contribution in [2.75, 3.05) is 6.54 Å². The Morgan fingerprint density at radius 2 is 2.55 bits per heavy atom. The van der Waals surface area contributed by atoms with Crippen molar-refractivity contribution in [2.24, 2.45) is 5.73 Å². The van der Waals surface area contributed by atoms with Gasteiger partial charge in [0.1, 0.15) is 0 Å². The lowest BCUT2D eigenvalue weighted by Gasteiger charge is -2.01. The van der Waals surface area contributed by atoms with E-state index in [9.17, 15) is 0 Å². The van der Waals surface area contributed by atoms with Crippen LogP contribution in [0.5, 0.6) is 0 Å². The fourth-order valence-electron chi connectivity index (χ4n) is 0.646. The van der Waals surface area contributed by atoms with E-state index in [1.54, 1.807) is 17.1 Å². The van der Waals surface area contributed by atoms with Crippen molar-refractivity contribution in [3.63, 3.8) is 0 Å². The number of hydrogen-bond acceptors (Lipinski definition) is 3. The topological polar surface area (TPSA) is 68.8 Å². The van der Waals surface area contributed by atoms with Gasteiger partial charge in [-0.25, -0.2) is 0 Å². The van der Waals surface area contributed by atoms with Crippen LogP contribution in [0.4, 0.5) is 0 Å². The summed E-state index contributed by atoms with van der Waals surface area (Å²) in [5.41, 5.74) is 5.21. The molecule has 0 aliphatic carbocycles. The highest BCUT2D eigenvalue weighted by atomic mass is 32.1. The van der Waals surface area contributed by atoms with Crippen molar-refractivity contribution >= 4 is 17.3 Å². The highest BCUT2D eigenvalue weighted by Crippen LogP contribution is 1.77. The third kappa shape index (κ3) is 2.94. The molecule has 0 spiro atoms. The number of aromatic nitrogens is 3. The SMILES string of the molecule is NC(=S)NCCn1ccnn1. The molecule has 0 unspecified atom stereocenters. The first kappa shape index (κ1) is 7.93. The van der Waals surface area contributed by atoms with E-state index < -0.39 is 0 Å². The van der Waals surface area contributed by atoms with Crippen LogP contribution in [0.25, 0.3) is 0 Å². The van der Waals surface area contributed by atoms with Crippen molar-refractivity contribution in [1.29, 1.82) is 0 Å². The molecular formula is C5H9N5S. The largest absolute Gasteiger partial charge is 0.376 e. The maximum atomic E-state index is 5.21. The van der Waals surface area contributed by atoms with Gasteiger partial charge in [-0.2, -0.15) is 0 Å². The van der Waals surface area contributed by atoms with E-state index in [4.69, 9.17) is 5.73 Å². The molecule has 0 saturated carbocycles. The van der Waals surface area contributed by atoms with E-state index in [1.807, 2.05) is 0 Å². The van der Waals surface area contributed by atoms with Gasteiger partial charge >= 0.3 is 0 Å². The van der Waals surface area contributed by atoms with Gasteiger partial charge in [0.15, 0.2) is 5.11 Å². The molecule has 0 saturated heterocycles. The third-order valence-electron chi connectivity index (χ3n) is 1.11. The maximum absolute atomic E-state index is 5.21. The molecule has 0 aliphatic heterocycles. The Morgan fingerprint density at radius 1 is 1.73 bits per heavy atom. The zero-order valence-corrected chi connectivity index (χ0v) is 6.71. The number of nitrogens with zero attached hydrogens (tertiary/aromatic N) is 3. The van der Waals surface area contributed by atoms with Gasteiger partial charge in [-0.3, -0.25) is 4.68 Å². The molecule has 0 aromatic carbocycles. The summed E-state index contributed by atoms with van der Waals surface area (Å²) in [5.74, 6) is 0. The van der Waals surface area contributed by atoms with Crippen molar-refractivity contribution < 1.29 is 0 Å². The highest BCUT2D eigenvalue weighted by molar-refractivity contribution is 7.80. The summed E-state index contributed by atoms with van der Waals surface area (Å²) in [6, 6.07) is 0. The van der Waals surface area contributed by atoms with Gasteiger partial charge in [-0.15, -0.1) is 5.10 Å². The van der Waals surface area contributed by atoms with Crippen LogP contribution in [0.15, 0.2) is 12.4 Å². The molecule has 60 valence electrons. The molecule has 3 N–H and O–H groups in total. The van der Waals surface area contributed by atoms with E-state index in [-0.39, 0.29) is 0 Å². The number of hydrogen-bond donors (Lipinski definition) is 2. The Bertz CT molecular complexity index is 219. The van der Waals surface area contributed by atoms with Crippen LogP contribution in [0.2, 0.25) is 0 Å². The Kier molecular flexibility index (Phi) is 2.79. The third-order valence-corrected chi connectivity index (χ3v) is 1.26. The molecule has 5 nitrogen and oxygen atoms in total. The first-order valence-electron chi connectivity index (χ1n) is 3.16. The molecule has 1 heterocycles. The van der Waals surface area contributed by atoms with E-state index >= 15 is 0 Å². The lowest BCUT2D eigenvalue weighted by atomic mass is 10.6. The van der Waals surface area contributed by atoms with E-state index in [2.05, 4.69) is 27.8 Å². The quantitative estimate of drug-likeness (QED) is 0.577. The minimum Gasteiger partial charge on any atom is -0.376 e. The van der Waals surface area contributed by atoms with Crippen molar-refractivity contribution in [1.82, 2.24) is 20.3 Å². The zero-order chi connectivity index (χ0) is 8.10. The van der Waals surface area contributed by atoms with Crippen molar-refractivity contribution in [2.45, 2.75) is 6.54 Å². The Labute approximate surface area is 69.6 Å². The van der Waals surface area contributed by atoms with Crippen LogP contribution in [0.1, 0.15) is 0 Å². The van der Waals surface area contributed by atoms with Gasteiger partial charge < -0.3 is 11.1 Å². The van der Waals surface area contributed by atoms with Crippen molar-refractivity contribution in [3.8, 4) is 0 Å². The summed E-state index contributed by atoms with van der Waals surface area (Å²) in [6.45, 7) is 1.40. The predicted molar refractivity (Wildman–Crippen MR) is 44.8 cm³/mol. The van der Waals surface area contributed by atoms with E-state index in [0.29, 0.717) is 11.7 Å². The molecule has 1 aromatic heterocycles. The Morgan fingerprint density at radius 3 is 3.09 bits per heavy atom. The van der Waals surface area contributed by atoms with Crippen LogP contribution in [-0.4, -0.2) is 26.7 Å². The van der Waals surface area contributed by atoms with E-state index in [0.717, 1.165) is 6.54 Å². The highest BCUT2D eigenvalue weighted by Gasteiger charge is 1.90. The summed E-state index contributed by atoms with van der Waals surface area (Å²) < 4.78 is 1.70. The second-order valence-corrected chi connectivity index (χ2v) is 2.40. The summed E-state index contributed by atoms with van der Waals surface area (Å²) in [5, 5.41) is 10.5. The van der Waals surface area contributed by atoms with Crippen LogP contribution in [-0.2, 0) is 6.54 Å². The molecule has 0 amide bonds. The molecule has 0 aliphatic rings. The fourth-order valence-corrected chi connectivity index (χ4v) is 0.748. The van der Waals surface area contributed by atoms with Gasteiger partial charge in [0.05, 0.1) is 12.7 Å². The lowest BCUT2D eigenvalue weighted by Crippen LogP contribution is -2.31. The Balaban J connectivity index is 2.19. The van der Waals surface area contributed by atoms with E-state index in [1.165, 1.54) is 0 Å². The van der Waals surface area contributed by atoms with Gasteiger partial charge in [-0.1, -0.05) is 5.21 Å². The van der Waals surface area contributed by atoms with Gasteiger partial charge in [-0.05, 0) is 12.2 Å². The number of nitrogens with two attached hydrogens (primary N) is 1. The summed E-state index contributed by atoms with van der Waals surface area (Å²) in [4.78, 5) is 0. The summed E-state index contributed by atoms with van der Waals surface area (Å²) in [6.07, 6.45) is 3.40. The average Bonchev–Trinajstić information content (AvgIpc) is 2.39. The molecule has 0 bridgehead atoms. The minimum absolute atomic E-state index is 0.310. The van der Waals surface area contributed by atoms with Crippen molar-refractivity contribution in [3.05, 3.63) is 12.4 Å². The standard InChI is InChI=1S/C5H9N5S/c6-5(11)7-1-3-10-4-2-8-9-10/h2,4H,1,3H2,(H3,6,7,11). The average molecular weight is 171 g/mol. The number of nitrogens with one attached hydrogen (secondary N) is 1. The molecule has 0 radical (unpaired) electrons. The van der Waals surface area contributed by atoms with Gasteiger partial charge in [0.2, 0.25) is 0 Å². The molecule has 1 rings (SSSR count). The predicted octanol–water partition coefficient (Wildman–Crippen LogP) is -0.889. The first-order valence-corrected chi connectivity index (χ1v) is 3.57. The van der Waals surface area contributed by atoms with Gasteiger partial charge in [0, 0.05) is 12.7 Å². The smallest absolute Gasteiger partial charge is 0.163 e. The minimum atomic E-state index is 0.310. The molecule has 6 heteroatoms. The number of thiocarbonyl (C=S) groups is 1. The van der Waals surface area contributed by atoms with Crippen LogP contribution >= 0.6 is 12.2 Å². The molecular weight excluding hydrogens is 162 g/mol. The lowest BCUT2D eigenvalue weighted by molar-refractivity contribution is 0.581. The van der Waals surface area contributed by atoms with Crippen LogP contribution in [0.3, 0.4) is 0 Å². The van der Waals surface area contributed by atoms with Crippen LogP contribution < -0.4 is 11.1 Å². The fraction of sp³-hybridized carbons (Fsp3) is 0.400. The second kappa shape index (κ2) is 3.87. The monoisotopic (exact) mass is 171 g/mol.